The van der Waals surface area contributed by atoms with Crippen molar-refractivity contribution < 1.29 is 9.59 Å². The van der Waals surface area contributed by atoms with Gasteiger partial charge in [-0.1, -0.05) is 21.6 Å². The molecule has 0 aromatic carbocycles. The number of carbonyl (C=O) groups excluding carboxylic acids is 2. The van der Waals surface area contributed by atoms with Crippen molar-refractivity contribution in [3.8, 4) is 0 Å². The zero-order valence-corrected chi connectivity index (χ0v) is 7.58. The minimum Gasteiger partial charge on any atom is -0.302 e. The minimum absolute atomic E-state index is 0.0209. The lowest BCUT2D eigenvalue weighted by Crippen LogP contribution is -1.98. The number of hydrogen-bond donors (Lipinski definition) is 0. The fraction of sp³-hybridized carbons (Fsp3) is 0.667. The van der Waals surface area contributed by atoms with Crippen molar-refractivity contribution in [2.75, 3.05) is 0 Å². The van der Waals surface area contributed by atoms with Gasteiger partial charge in [-0.15, -0.1) is 0 Å². The van der Waals surface area contributed by atoms with E-state index in [9.17, 15) is 9.59 Å². The maximum Gasteiger partial charge on any atom is 0.133 e. The average molecular weight is 178 g/mol. The topological polar surface area (TPSA) is 34.1 Å². The largest absolute Gasteiger partial charge is 0.302 e. The molecule has 0 aliphatic rings. The van der Waals surface area contributed by atoms with E-state index in [1.54, 1.807) is 0 Å². The van der Waals surface area contributed by atoms with Crippen molar-refractivity contribution in [3.05, 3.63) is 0 Å². The molecule has 0 aromatic rings. The van der Waals surface area contributed by atoms with Crippen LogP contribution in [0, 0.1) is 0 Å². The summed E-state index contributed by atoms with van der Waals surface area (Å²) >= 11 is 0. The van der Waals surface area contributed by atoms with Crippen molar-refractivity contribution in [1.29, 1.82) is 0 Å². The van der Waals surface area contributed by atoms with Gasteiger partial charge in [-0.25, -0.2) is 0 Å². The second-order valence-corrected chi connectivity index (χ2v) is 4.90. The van der Waals surface area contributed by atoms with Gasteiger partial charge in [0.15, 0.2) is 0 Å². The van der Waals surface area contributed by atoms with Gasteiger partial charge >= 0.3 is 0 Å². The fourth-order valence-corrected chi connectivity index (χ4v) is 1.99. The van der Waals surface area contributed by atoms with E-state index >= 15 is 0 Å². The third kappa shape index (κ3) is 4.88. The van der Waals surface area contributed by atoms with Crippen LogP contribution in [0.25, 0.3) is 0 Å². The molecule has 0 saturated heterocycles. The first kappa shape index (κ1) is 10.0. The van der Waals surface area contributed by atoms with Crippen LogP contribution in [0.1, 0.15) is 13.8 Å². The van der Waals surface area contributed by atoms with Crippen molar-refractivity contribution in [2.24, 2.45) is 0 Å². The summed E-state index contributed by atoms with van der Waals surface area (Å²) in [6.45, 7) is 3.62. The first-order valence-corrected chi connectivity index (χ1v) is 5.21. The highest BCUT2D eigenvalue weighted by Crippen LogP contribution is 2.28. The van der Waals surface area contributed by atoms with Crippen LogP contribution in [-0.4, -0.2) is 23.1 Å². The van der Waals surface area contributed by atoms with Crippen LogP contribution in [-0.2, 0) is 9.59 Å². The van der Waals surface area contributed by atoms with Gasteiger partial charge in [0, 0.05) is 0 Å². The van der Waals surface area contributed by atoms with Crippen LogP contribution in [0.3, 0.4) is 0 Å². The fourth-order valence-electron chi connectivity index (χ4n) is 0.221. The monoisotopic (exact) mass is 178 g/mol. The summed E-state index contributed by atoms with van der Waals surface area (Å²) in [6, 6.07) is 0. The van der Waals surface area contributed by atoms with Crippen molar-refractivity contribution in [3.63, 3.8) is 0 Å². The molecule has 0 aromatic heterocycles. The molecule has 2 atom stereocenters. The van der Waals surface area contributed by atoms with Crippen LogP contribution in [0.2, 0.25) is 0 Å². The Hall–Kier alpha value is 0.0400. The molecule has 0 fully saturated rings. The number of hydrogen-bond acceptors (Lipinski definition) is 4. The van der Waals surface area contributed by atoms with Gasteiger partial charge in [0.2, 0.25) is 0 Å². The quantitative estimate of drug-likeness (QED) is 0.472. The van der Waals surface area contributed by atoms with Gasteiger partial charge in [-0.3, -0.25) is 0 Å². The third-order valence-corrected chi connectivity index (χ3v) is 3.84. The van der Waals surface area contributed by atoms with Gasteiger partial charge in [0.05, 0.1) is 10.5 Å². The van der Waals surface area contributed by atoms with Crippen molar-refractivity contribution in [2.45, 2.75) is 24.3 Å². The maximum absolute atomic E-state index is 10.1. The predicted molar refractivity (Wildman–Crippen MR) is 46.2 cm³/mol. The Kier molecular flexibility index (Phi) is 5.82. The molecule has 0 rings (SSSR count). The maximum atomic E-state index is 10.1. The van der Waals surface area contributed by atoms with E-state index in [-0.39, 0.29) is 10.5 Å². The molecule has 10 heavy (non-hydrogen) atoms. The van der Waals surface area contributed by atoms with Gasteiger partial charge < -0.3 is 9.59 Å². The van der Waals surface area contributed by atoms with Crippen LogP contribution in [0.15, 0.2) is 0 Å². The molecule has 0 bridgehead atoms. The van der Waals surface area contributed by atoms with Gasteiger partial charge in [0.25, 0.3) is 0 Å². The van der Waals surface area contributed by atoms with Crippen LogP contribution in [0.5, 0.6) is 0 Å². The van der Waals surface area contributed by atoms with Crippen LogP contribution < -0.4 is 0 Å². The minimum atomic E-state index is -0.0209. The molecule has 0 radical (unpaired) electrons. The van der Waals surface area contributed by atoms with E-state index in [1.165, 1.54) is 21.6 Å². The zero-order chi connectivity index (χ0) is 7.98. The highest BCUT2D eigenvalue weighted by atomic mass is 33.1. The Labute approximate surface area is 68.5 Å². The highest BCUT2D eigenvalue weighted by Gasteiger charge is 2.04. The Bertz CT molecular complexity index is 102. The summed E-state index contributed by atoms with van der Waals surface area (Å²) in [4.78, 5) is 20.2. The molecule has 0 aliphatic carbocycles. The lowest BCUT2D eigenvalue weighted by Gasteiger charge is -2.03. The summed E-state index contributed by atoms with van der Waals surface area (Å²) in [7, 11) is 2.85. The lowest BCUT2D eigenvalue weighted by molar-refractivity contribution is -0.108. The van der Waals surface area contributed by atoms with E-state index in [2.05, 4.69) is 0 Å². The standard InChI is InChI=1S/C6H10O2S2/c1-5(3-7)9-10-6(2)4-8/h3-6H,1-2H3. The summed E-state index contributed by atoms with van der Waals surface area (Å²) in [6.07, 6.45) is 1.74. The molecule has 4 heteroatoms. The first-order valence-electron chi connectivity index (χ1n) is 2.93. The molecule has 0 N–H and O–H groups in total. The predicted octanol–water partition coefficient (Wildman–Crippen LogP) is 1.54. The molecule has 58 valence electrons. The van der Waals surface area contributed by atoms with E-state index in [1.807, 2.05) is 13.8 Å². The Morgan fingerprint density at radius 3 is 1.50 bits per heavy atom. The second kappa shape index (κ2) is 5.80. The lowest BCUT2D eigenvalue weighted by atomic mass is 10.5. The summed E-state index contributed by atoms with van der Waals surface area (Å²) in [5.41, 5.74) is 0. The van der Waals surface area contributed by atoms with E-state index < -0.39 is 0 Å². The highest BCUT2D eigenvalue weighted by molar-refractivity contribution is 8.77. The summed E-state index contributed by atoms with van der Waals surface area (Å²) < 4.78 is 0. The normalized spacial score (nSPS) is 15.8. The first-order chi connectivity index (χ1) is 4.70. The number of aldehydes is 2. The second-order valence-electron chi connectivity index (χ2n) is 1.87. The van der Waals surface area contributed by atoms with Gasteiger partial charge in [0.1, 0.15) is 12.6 Å². The summed E-state index contributed by atoms with van der Waals surface area (Å²) in [5, 5.41) is -0.0419. The molecular formula is C6H10O2S2. The third-order valence-electron chi connectivity index (χ3n) is 0.742. The average Bonchev–Trinajstić information content (AvgIpc) is 1.99. The van der Waals surface area contributed by atoms with Crippen LogP contribution in [0.4, 0.5) is 0 Å². The van der Waals surface area contributed by atoms with Crippen LogP contribution >= 0.6 is 21.6 Å². The molecule has 2 unspecified atom stereocenters. The molecular weight excluding hydrogens is 168 g/mol. The van der Waals surface area contributed by atoms with Crippen molar-refractivity contribution in [1.82, 2.24) is 0 Å². The smallest absolute Gasteiger partial charge is 0.133 e. The van der Waals surface area contributed by atoms with Crippen molar-refractivity contribution >= 4 is 34.2 Å². The summed E-state index contributed by atoms with van der Waals surface area (Å²) in [5.74, 6) is 0. The SMILES string of the molecule is CC(C=O)SSC(C)C=O. The van der Waals surface area contributed by atoms with Gasteiger partial charge in [-0.2, -0.15) is 0 Å². The Balaban J connectivity index is 3.34. The van der Waals surface area contributed by atoms with E-state index in [4.69, 9.17) is 0 Å². The van der Waals surface area contributed by atoms with E-state index in [0.29, 0.717) is 0 Å². The Morgan fingerprint density at radius 1 is 1.00 bits per heavy atom. The molecule has 0 aliphatic heterocycles. The molecule has 0 amide bonds. The molecule has 2 nitrogen and oxygen atoms in total. The Morgan fingerprint density at radius 2 is 1.30 bits per heavy atom. The van der Waals surface area contributed by atoms with E-state index in [0.717, 1.165) is 12.6 Å². The molecule has 0 spiro atoms. The molecule has 0 heterocycles. The number of rotatable bonds is 5. The zero-order valence-electron chi connectivity index (χ0n) is 5.94. The van der Waals surface area contributed by atoms with Gasteiger partial charge in [-0.05, 0) is 13.8 Å². The number of carbonyl (C=O) groups is 2. The molecule has 0 saturated carbocycles.